The minimum absolute atomic E-state index is 0.0587. The molecule has 1 aromatic rings. The maximum absolute atomic E-state index is 11.0. The molecule has 1 atom stereocenters. The molecule has 1 unspecified atom stereocenters. The van der Waals surface area contributed by atoms with Gasteiger partial charge in [0.05, 0.1) is 11.0 Å². The first-order valence-corrected chi connectivity index (χ1v) is 6.87. The number of benzene rings is 1. The Hall–Kier alpha value is -1.66. The second-order valence-electron chi connectivity index (χ2n) is 4.61. The first-order valence-electron chi connectivity index (χ1n) is 6.87. The van der Waals surface area contributed by atoms with Gasteiger partial charge < -0.3 is 15.2 Å². The molecular formula is C14H22N2O4. The Bertz CT molecular complexity index is 437. The van der Waals surface area contributed by atoms with Crippen molar-refractivity contribution in [1.82, 2.24) is 5.32 Å². The van der Waals surface area contributed by atoms with Crippen LogP contribution in [0.1, 0.15) is 32.3 Å². The number of aliphatic hydroxyl groups excluding tert-OH is 1. The fourth-order valence-electron chi connectivity index (χ4n) is 1.65. The van der Waals surface area contributed by atoms with Crippen LogP contribution in [0.4, 0.5) is 5.69 Å². The van der Waals surface area contributed by atoms with Crippen LogP contribution in [0.5, 0.6) is 5.75 Å². The van der Waals surface area contributed by atoms with Crippen molar-refractivity contribution in [3.63, 3.8) is 0 Å². The van der Waals surface area contributed by atoms with E-state index in [1.807, 2.05) is 6.92 Å². The first-order chi connectivity index (χ1) is 9.58. The van der Waals surface area contributed by atoms with E-state index in [1.54, 1.807) is 12.1 Å². The Kier molecular flexibility index (Phi) is 6.97. The molecule has 0 bridgehead atoms. The van der Waals surface area contributed by atoms with E-state index in [1.165, 1.54) is 6.07 Å². The molecule has 112 valence electrons. The molecule has 0 heterocycles. The van der Waals surface area contributed by atoms with Gasteiger partial charge in [-0.25, -0.2) is 0 Å². The minimum Gasteiger partial charge on any atom is -0.484 e. The van der Waals surface area contributed by atoms with Crippen LogP contribution in [0.15, 0.2) is 18.2 Å². The lowest BCUT2D eigenvalue weighted by Gasteiger charge is -2.12. The van der Waals surface area contributed by atoms with Gasteiger partial charge in [0, 0.05) is 12.6 Å². The summed E-state index contributed by atoms with van der Waals surface area (Å²) in [6.07, 6.45) is 0.960. The Morgan fingerprint density at radius 3 is 2.80 bits per heavy atom. The van der Waals surface area contributed by atoms with E-state index in [9.17, 15) is 15.2 Å². The Balaban J connectivity index is 2.79. The van der Waals surface area contributed by atoms with E-state index in [-0.39, 0.29) is 18.0 Å². The fourth-order valence-corrected chi connectivity index (χ4v) is 1.65. The quantitative estimate of drug-likeness (QED) is 0.412. The molecule has 6 heteroatoms. The number of hydrogen-bond donors (Lipinski definition) is 2. The minimum atomic E-state index is -0.614. The van der Waals surface area contributed by atoms with E-state index in [4.69, 9.17) is 4.74 Å². The van der Waals surface area contributed by atoms with E-state index in [2.05, 4.69) is 12.2 Å². The molecule has 0 saturated carbocycles. The number of ether oxygens (including phenoxy) is 1. The van der Waals surface area contributed by atoms with Gasteiger partial charge in [0.15, 0.2) is 5.75 Å². The van der Waals surface area contributed by atoms with Gasteiger partial charge in [-0.2, -0.15) is 0 Å². The summed E-state index contributed by atoms with van der Waals surface area (Å²) in [7, 11) is 0. The summed E-state index contributed by atoms with van der Waals surface area (Å²) in [5.41, 5.74) is 0.845. The highest BCUT2D eigenvalue weighted by Gasteiger charge is 2.16. The van der Waals surface area contributed by atoms with Gasteiger partial charge in [0.1, 0.15) is 6.61 Å². The van der Waals surface area contributed by atoms with Crippen LogP contribution in [-0.2, 0) is 6.54 Å². The first kappa shape index (κ1) is 16.4. The molecule has 0 aliphatic rings. The molecule has 6 nitrogen and oxygen atoms in total. The molecule has 0 amide bonds. The third-order valence-electron chi connectivity index (χ3n) is 2.88. The molecule has 0 fully saturated rings. The summed E-state index contributed by atoms with van der Waals surface area (Å²) >= 11 is 0. The average molecular weight is 282 g/mol. The molecule has 1 rings (SSSR count). The summed E-state index contributed by atoms with van der Waals surface area (Å²) in [6.45, 7) is 5.49. The van der Waals surface area contributed by atoms with E-state index in [0.717, 1.165) is 18.5 Å². The molecule has 0 aliphatic heterocycles. The lowest BCUT2D eigenvalue weighted by atomic mass is 10.2. The summed E-state index contributed by atoms with van der Waals surface area (Å²) in [4.78, 5) is 10.5. The van der Waals surface area contributed by atoms with Crippen molar-refractivity contribution in [2.75, 3.05) is 13.2 Å². The third-order valence-corrected chi connectivity index (χ3v) is 2.88. The van der Waals surface area contributed by atoms with E-state index < -0.39 is 11.0 Å². The predicted molar refractivity (Wildman–Crippen MR) is 76.9 cm³/mol. The lowest BCUT2D eigenvalue weighted by molar-refractivity contribution is -0.385. The van der Waals surface area contributed by atoms with Gasteiger partial charge in [-0.3, -0.25) is 10.1 Å². The Morgan fingerprint density at radius 2 is 2.20 bits per heavy atom. The number of nitro benzene ring substituents is 1. The van der Waals surface area contributed by atoms with Gasteiger partial charge in [-0.1, -0.05) is 19.9 Å². The Labute approximate surface area is 118 Å². The van der Waals surface area contributed by atoms with Gasteiger partial charge in [0.25, 0.3) is 0 Å². The zero-order chi connectivity index (χ0) is 15.0. The van der Waals surface area contributed by atoms with Crippen LogP contribution in [0.3, 0.4) is 0 Å². The molecule has 0 aliphatic carbocycles. The number of aliphatic hydroxyl groups is 1. The SMILES string of the molecule is CCCNCc1ccc([N+](=O)[O-])c(OCC(O)CC)c1. The van der Waals surface area contributed by atoms with Crippen molar-refractivity contribution >= 4 is 5.69 Å². The van der Waals surface area contributed by atoms with Crippen molar-refractivity contribution in [1.29, 1.82) is 0 Å². The smallest absolute Gasteiger partial charge is 0.310 e. The molecule has 0 saturated heterocycles. The van der Waals surface area contributed by atoms with Gasteiger partial charge in [0.2, 0.25) is 0 Å². The fraction of sp³-hybridized carbons (Fsp3) is 0.571. The number of hydrogen-bond acceptors (Lipinski definition) is 5. The van der Waals surface area contributed by atoms with Gasteiger partial charge in [-0.05, 0) is 31.0 Å². The highest BCUT2D eigenvalue weighted by atomic mass is 16.6. The number of nitrogens with zero attached hydrogens (tertiary/aromatic N) is 1. The van der Waals surface area contributed by atoms with Crippen molar-refractivity contribution in [2.24, 2.45) is 0 Å². The monoisotopic (exact) mass is 282 g/mol. The van der Waals surface area contributed by atoms with Crippen molar-refractivity contribution in [3.05, 3.63) is 33.9 Å². The third kappa shape index (κ3) is 5.14. The maximum Gasteiger partial charge on any atom is 0.310 e. The van der Waals surface area contributed by atoms with Crippen molar-refractivity contribution in [3.8, 4) is 5.75 Å². The summed E-state index contributed by atoms with van der Waals surface area (Å²) in [6, 6.07) is 4.81. The van der Waals surface area contributed by atoms with Crippen LogP contribution in [-0.4, -0.2) is 29.3 Å². The summed E-state index contributed by atoms with van der Waals surface area (Å²) in [5.74, 6) is 0.207. The van der Waals surface area contributed by atoms with Gasteiger partial charge in [-0.15, -0.1) is 0 Å². The lowest BCUT2D eigenvalue weighted by Crippen LogP contribution is -2.17. The van der Waals surface area contributed by atoms with Crippen LogP contribution < -0.4 is 10.1 Å². The normalized spacial score (nSPS) is 12.2. The van der Waals surface area contributed by atoms with Crippen molar-refractivity contribution < 1.29 is 14.8 Å². The van der Waals surface area contributed by atoms with Crippen LogP contribution in [0.25, 0.3) is 0 Å². The number of nitrogens with one attached hydrogen (secondary N) is 1. The second kappa shape index (κ2) is 8.50. The highest BCUT2D eigenvalue weighted by molar-refractivity contribution is 5.48. The largest absolute Gasteiger partial charge is 0.484 e. The standard InChI is InChI=1S/C14H22N2O4/c1-3-7-15-9-11-5-6-13(16(18)19)14(8-11)20-10-12(17)4-2/h5-6,8,12,15,17H,3-4,7,9-10H2,1-2H3. The second-order valence-corrected chi connectivity index (χ2v) is 4.61. The predicted octanol–water partition coefficient (Wildman–Crippen LogP) is 2.24. The number of nitro groups is 1. The number of rotatable bonds is 9. The van der Waals surface area contributed by atoms with E-state index in [0.29, 0.717) is 13.0 Å². The van der Waals surface area contributed by atoms with Gasteiger partial charge >= 0.3 is 5.69 Å². The molecular weight excluding hydrogens is 260 g/mol. The highest BCUT2D eigenvalue weighted by Crippen LogP contribution is 2.28. The maximum atomic E-state index is 11.0. The molecule has 0 radical (unpaired) electrons. The average Bonchev–Trinajstić information content (AvgIpc) is 2.44. The van der Waals surface area contributed by atoms with Crippen molar-refractivity contribution in [2.45, 2.75) is 39.3 Å². The molecule has 20 heavy (non-hydrogen) atoms. The van der Waals surface area contributed by atoms with Crippen LogP contribution in [0.2, 0.25) is 0 Å². The molecule has 0 spiro atoms. The van der Waals surface area contributed by atoms with Crippen LogP contribution in [0, 0.1) is 10.1 Å². The molecule has 2 N–H and O–H groups in total. The topological polar surface area (TPSA) is 84.6 Å². The summed E-state index contributed by atoms with van der Waals surface area (Å²) < 4.78 is 5.38. The zero-order valence-electron chi connectivity index (χ0n) is 12.0. The molecule has 1 aromatic carbocycles. The van der Waals surface area contributed by atoms with E-state index >= 15 is 0 Å². The molecule has 0 aromatic heterocycles. The van der Waals surface area contributed by atoms with Crippen LogP contribution >= 0.6 is 0 Å². The summed E-state index contributed by atoms with van der Waals surface area (Å²) in [5, 5.41) is 23.7. The zero-order valence-corrected chi connectivity index (χ0v) is 12.0. The Morgan fingerprint density at radius 1 is 1.45 bits per heavy atom.